The lowest BCUT2D eigenvalue weighted by Crippen LogP contribution is -2.45. The highest BCUT2D eigenvalue weighted by Gasteiger charge is 2.20. The van der Waals surface area contributed by atoms with E-state index < -0.39 is 0 Å². The zero-order chi connectivity index (χ0) is 17.1. The summed E-state index contributed by atoms with van der Waals surface area (Å²) in [5, 5.41) is 11.0. The molecule has 0 aliphatic carbocycles. The molecule has 25 heavy (non-hydrogen) atoms. The molecule has 0 atom stereocenters. The van der Waals surface area contributed by atoms with Crippen molar-refractivity contribution in [2.45, 2.75) is 13.1 Å². The molecule has 1 aromatic carbocycles. The van der Waals surface area contributed by atoms with Crippen molar-refractivity contribution in [1.29, 1.82) is 0 Å². The standard InChI is InChI=1S/C18H20FN5O/c19-17-4-2-1-3-16(17)18-14(11-20-21-18)12-23-6-8-24(9-7-23)13-15-5-10-25-22-15/h1-5,10-11H,6-9,12-13H2,(H,20,21). The molecule has 3 heterocycles. The minimum atomic E-state index is -0.231. The van der Waals surface area contributed by atoms with Crippen LogP contribution in [0.1, 0.15) is 11.3 Å². The summed E-state index contributed by atoms with van der Waals surface area (Å²) in [5.74, 6) is -0.231. The lowest BCUT2D eigenvalue weighted by molar-refractivity contribution is 0.120. The number of aromatic nitrogens is 3. The average molecular weight is 341 g/mol. The topological polar surface area (TPSA) is 61.2 Å². The Balaban J connectivity index is 1.38. The van der Waals surface area contributed by atoms with Gasteiger partial charge in [-0.15, -0.1) is 0 Å². The van der Waals surface area contributed by atoms with E-state index in [-0.39, 0.29) is 5.82 Å². The first-order chi connectivity index (χ1) is 12.3. The fourth-order valence-corrected chi connectivity index (χ4v) is 3.22. The van der Waals surface area contributed by atoms with Crippen LogP contribution >= 0.6 is 0 Å². The van der Waals surface area contributed by atoms with E-state index in [1.807, 2.05) is 12.1 Å². The number of H-pyrrole nitrogens is 1. The lowest BCUT2D eigenvalue weighted by Gasteiger charge is -2.34. The maximum absolute atomic E-state index is 14.1. The highest BCUT2D eigenvalue weighted by atomic mass is 19.1. The first-order valence-electron chi connectivity index (χ1n) is 8.41. The Morgan fingerprint density at radius 2 is 1.80 bits per heavy atom. The monoisotopic (exact) mass is 341 g/mol. The Hall–Kier alpha value is -2.51. The third-order valence-corrected chi connectivity index (χ3v) is 4.60. The van der Waals surface area contributed by atoms with Gasteiger partial charge in [0.15, 0.2) is 0 Å². The number of rotatable bonds is 5. The normalized spacial score (nSPS) is 16.4. The number of nitrogens with one attached hydrogen (secondary N) is 1. The summed E-state index contributed by atoms with van der Waals surface area (Å²) in [6.45, 7) is 5.44. The summed E-state index contributed by atoms with van der Waals surface area (Å²) < 4.78 is 18.9. The minimum Gasteiger partial charge on any atom is -0.364 e. The molecule has 6 nitrogen and oxygen atoms in total. The van der Waals surface area contributed by atoms with Crippen molar-refractivity contribution in [3.63, 3.8) is 0 Å². The molecule has 1 fully saturated rings. The number of benzene rings is 1. The molecular formula is C18H20FN5O. The van der Waals surface area contributed by atoms with Crippen molar-refractivity contribution < 1.29 is 8.91 Å². The molecular weight excluding hydrogens is 321 g/mol. The number of halogens is 1. The first-order valence-corrected chi connectivity index (χ1v) is 8.41. The van der Waals surface area contributed by atoms with Crippen LogP contribution in [-0.4, -0.2) is 51.3 Å². The van der Waals surface area contributed by atoms with Crippen LogP contribution in [0.4, 0.5) is 4.39 Å². The van der Waals surface area contributed by atoms with Gasteiger partial charge in [0.25, 0.3) is 0 Å². The van der Waals surface area contributed by atoms with Gasteiger partial charge < -0.3 is 4.52 Å². The Morgan fingerprint density at radius 3 is 2.52 bits per heavy atom. The Kier molecular flexibility index (Phi) is 4.58. The van der Waals surface area contributed by atoms with Crippen molar-refractivity contribution in [3.05, 3.63) is 59.9 Å². The van der Waals surface area contributed by atoms with Gasteiger partial charge in [0, 0.05) is 56.5 Å². The fourth-order valence-electron chi connectivity index (χ4n) is 3.22. The molecule has 1 aliphatic heterocycles. The number of aromatic amines is 1. The minimum absolute atomic E-state index is 0.231. The highest BCUT2D eigenvalue weighted by Crippen LogP contribution is 2.25. The zero-order valence-corrected chi connectivity index (χ0v) is 13.9. The van der Waals surface area contributed by atoms with Gasteiger partial charge in [-0.3, -0.25) is 14.9 Å². The molecule has 130 valence electrons. The highest BCUT2D eigenvalue weighted by molar-refractivity contribution is 5.63. The molecule has 7 heteroatoms. The van der Waals surface area contributed by atoms with E-state index in [1.165, 1.54) is 6.07 Å². The van der Waals surface area contributed by atoms with E-state index in [4.69, 9.17) is 4.52 Å². The van der Waals surface area contributed by atoms with Crippen LogP contribution in [0, 0.1) is 5.82 Å². The molecule has 3 aromatic rings. The van der Waals surface area contributed by atoms with E-state index >= 15 is 0 Å². The Bertz CT molecular complexity index is 809. The number of piperazine rings is 1. The maximum Gasteiger partial charge on any atom is 0.132 e. The number of nitrogens with zero attached hydrogens (tertiary/aromatic N) is 4. The summed E-state index contributed by atoms with van der Waals surface area (Å²) >= 11 is 0. The molecule has 1 N–H and O–H groups in total. The van der Waals surface area contributed by atoms with Gasteiger partial charge in [-0.05, 0) is 12.1 Å². The van der Waals surface area contributed by atoms with Crippen LogP contribution in [0.3, 0.4) is 0 Å². The van der Waals surface area contributed by atoms with Gasteiger partial charge in [-0.2, -0.15) is 5.10 Å². The van der Waals surface area contributed by atoms with Crippen molar-refractivity contribution in [2.24, 2.45) is 0 Å². The van der Waals surface area contributed by atoms with Gasteiger partial charge in [-0.25, -0.2) is 4.39 Å². The zero-order valence-electron chi connectivity index (χ0n) is 13.9. The van der Waals surface area contributed by atoms with Crippen LogP contribution in [0.15, 0.2) is 47.3 Å². The Morgan fingerprint density at radius 1 is 1.04 bits per heavy atom. The molecule has 0 unspecified atom stereocenters. The third kappa shape index (κ3) is 3.62. The molecule has 1 aliphatic rings. The van der Waals surface area contributed by atoms with Crippen LogP contribution in [0.5, 0.6) is 0 Å². The molecule has 1 saturated heterocycles. The van der Waals surface area contributed by atoms with Crippen molar-refractivity contribution in [1.82, 2.24) is 25.2 Å². The number of hydrogen-bond acceptors (Lipinski definition) is 5. The molecule has 0 spiro atoms. The first kappa shape index (κ1) is 16.0. The predicted octanol–water partition coefficient (Wildman–Crippen LogP) is 2.52. The van der Waals surface area contributed by atoms with E-state index in [1.54, 1.807) is 24.6 Å². The molecule has 4 rings (SSSR count). The second-order valence-corrected chi connectivity index (χ2v) is 6.29. The third-order valence-electron chi connectivity index (χ3n) is 4.60. The van der Waals surface area contributed by atoms with Gasteiger partial charge in [0.05, 0.1) is 17.6 Å². The van der Waals surface area contributed by atoms with Crippen LogP contribution in [0.2, 0.25) is 0 Å². The van der Waals surface area contributed by atoms with Gasteiger partial charge in [0.1, 0.15) is 12.1 Å². The molecule has 0 amide bonds. The van der Waals surface area contributed by atoms with E-state index in [0.29, 0.717) is 5.56 Å². The second kappa shape index (κ2) is 7.16. The number of hydrogen-bond donors (Lipinski definition) is 1. The van der Waals surface area contributed by atoms with Crippen LogP contribution < -0.4 is 0 Å². The molecule has 2 aromatic heterocycles. The summed E-state index contributed by atoms with van der Waals surface area (Å²) in [4.78, 5) is 4.73. The smallest absolute Gasteiger partial charge is 0.132 e. The van der Waals surface area contributed by atoms with E-state index in [2.05, 4.69) is 25.2 Å². The largest absolute Gasteiger partial charge is 0.364 e. The predicted molar refractivity (Wildman–Crippen MR) is 91.0 cm³/mol. The lowest BCUT2D eigenvalue weighted by atomic mass is 10.1. The van der Waals surface area contributed by atoms with Crippen LogP contribution in [0.25, 0.3) is 11.3 Å². The van der Waals surface area contributed by atoms with Gasteiger partial charge in [0.2, 0.25) is 0 Å². The fraction of sp³-hybridized carbons (Fsp3) is 0.333. The van der Waals surface area contributed by atoms with E-state index in [9.17, 15) is 4.39 Å². The molecule has 0 saturated carbocycles. The quantitative estimate of drug-likeness (QED) is 0.773. The molecule has 0 bridgehead atoms. The summed E-state index contributed by atoms with van der Waals surface area (Å²) in [7, 11) is 0. The van der Waals surface area contributed by atoms with Crippen molar-refractivity contribution in [3.8, 4) is 11.3 Å². The average Bonchev–Trinajstić information content (AvgIpc) is 3.29. The van der Waals surface area contributed by atoms with Crippen molar-refractivity contribution >= 4 is 0 Å². The van der Waals surface area contributed by atoms with Crippen molar-refractivity contribution in [2.75, 3.05) is 26.2 Å². The second-order valence-electron chi connectivity index (χ2n) is 6.29. The summed E-state index contributed by atoms with van der Waals surface area (Å²) in [5.41, 5.74) is 3.32. The van der Waals surface area contributed by atoms with Gasteiger partial charge >= 0.3 is 0 Å². The SMILES string of the molecule is Fc1ccccc1-c1[nH]ncc1CN1CCN(Cc2ccon2)CC1. The van der Waals surface area contributed by atoms with E-state index in [0.717, 1.165) is 56.2 Å². The summed E-state index contributed by atoms with van der Waals surface area (Å²) in [6, 6.07) is 8.69. The Labute approximate surface area is 145 Å². The molecule has 0 radical (unpaired) electrons. The van der Waals surface area contributed by atoms with Crippen LogP contribution in [-0.2, 0) is 13.1 Å². The maximum atomic E-state index is 14.1. The van der Waals surface area contributed by atoms with Gasteiger partial charge in [-0.1, -0.05) is 17.3 Å². The summed E-state index contributed by atoms with van der Waals surface area (Å²) in [6.07, 6.45) is 3.40.